The van der Waals surface area contributed by atoms with Gasteiger partial charge in [-0.3, -0.25) is 4.79 Å². The van der Waals surface area contributed by atoms with Crippen molar-refractivity contribution in [2.45, 2.75) is 19.9 Å². The number of nitrogens with one attached hydrogen (secondary N) is 1. The van der Waals surface area contributed by atoms with Crippen LogP contribution in [0.2, 0.25) is 0 Å². The predicted octanol–water partition coefficient (Wildman–Crippen LogP) is 2.90. The summed E-state index contributed by atoms with van der Waals surface area (Å²) in [5, 5.41) is 10.7. The van der Waals surface area contributed by atoms with Crippen LogP contribution in [-0.4, -0.2) is 17.1 Å². The average molecular weight is 283 g/mol. The molecule has 0 bridgehead atoms. The van der Waals surface area contributed by atoms with Gasteiger partial charge in [0.2, 0.25) is 5.82 Å². The van der Waals surface area contributed by atoms with Crippen LogP contribution in [0, 0.1) is 35.0 Å². The smallest absolute Gasteiger partial charge is 0.308 e. The lowest BCUT2D eigenvalue weighted by atomic mass is 10.0. The molecule has 0 saturated carbocycles. The van der Waals surface area contributed by atoms with Gasteiger partial charge in [0, 0.05) is 6.04 Å². The molecule has 0 aromatic heterocycles. The Balaban J connectivity index is 3.19. The lowest BCUT2D eigenvalue weighted by Crippen LogP contribution is -2.31. The quantitative estimate of drug-likeness (QED) is 0.507. The molecule has 19 heavy (non-hydrogen) atoms. The summed E-state index contributed by atoms with van der Waals surface area (Å²) in [7, 11) is 0. The first-order valence-corrected chi connectivity index (χ1v) is 5.19. The minimum Gasteiger partial charge on any atom is -0.481 e. The third-order valence-corrected chi connectivity index (χ3v) is 2.72. The summed E-state index contributed by atoms with van der Waals surface area (Å²) in [4.78, 5) is 10.7. The van der Waals surface area contributed by atoms with Gasteiger partial charge in [-0.2, -0.15) is 0 Å². The highest BCUT2D eigenvalue weighted by atomic mass is 19.2. The van der Waals surface area contributed by atoms with Crippen LogP contribution in [-0.2, 0) is 4.79 Å². The Morgan fingerprint density at radius 1 is 0.947 bits per heavy atom. The second-order valence-corrected chi connectivity index (χ2v) is 4.00. The first kappa shape index (κ1) is 15.2. The SMILES string of the molecule is CC(Nc1c(F)c(F)c(F)c(F)c1F)C(C)C(=O)O. The van der Waals surface area contributed by atoms with E-state index in [9.17, 15) is 26.7 Å². The number of benzene rings is 1. The number of carbonyl (C=O) groups is 1. The van der Waals surface area contributed by atoms with E-state index in [1.807, 2.05) is 5.32 Å². The summed E-state index contributed by atoms with van der Waals surface area (Å²) < 4.78 is 65.2. The van der Waals surface area contributed by atoms with Crippen LogP contribution in [0.25, 0.3) is 0 Å². The summed E-state index contributed by atoms with van der Waals surface area (Å²) in [5.74, 6) is -12.9. The third-order valence-electron chi connectivity index (χ3n) is 2.72. The predicted molar refractivity (Wildman–Crippen MR) is 56.1 cm³/mol. The number of carboxylic acid groups (broad SMARTS) is 1. The molecule has 3 nitrogen and oxygen atoms in total. The van der Waals surface area contributed by atoms with E-state index in [1.165, 1.54) is 13.8 Å². The van der Waals surface area contributed by atoms with E-state index < -0.39 is 52.7 Å². The molecule has 1 rings (SSSR count). The molecule has 2 atom stereocenters. The highest BCUT2D eigenvalue weighted by Gasteiger charge is 2.28. The summed E-state index contributed by atoms with van der Waals surface area (Å²) in [6.07, 6.45) is 0. The maximum absolute atomic E-state index is 13.3. The van der Waals surface area contributed by atoms with Crippen molar-refractivity contribution in [2.75, 3.05) is 5.32 Å². The van der Waals surface area contributed by atoms with Gasteiger partial charge in [0.05, 0.1) is 5.92 Å². The molecule has 0 saturated heterocycles. The first-order chi connectivity index (χ1) is 8.68. The monoisotopic (exact) mass is 283 g/mol. The van der Waals surface area contributed by atoms with Crippen LogP contribution in [0.1, 0.15) is 13.8 Å². The number of hydrogen-bond donors (Lipinski definition) is 2. The molecule has 0 aliphatic heterocycles. The molecule has 0 heterocycles. The molecule has 2 N–H and O–H groups in total. The Kier molecular flexibility index (Phi) is 4.33. The Morgan fingerprint density at radius 2 is 1.32 bits per heavy atom. The van der Waals surface area contributed by atoms with Gasteiger partial charge < -0.3 is 10.4 Å². The molecule has 0 spiro atoms. The van der Waals surface area contributed by atoms with Gasteiger partial charge in [-0.25, -0.2) is 22.0 Å². The van der Waals surface area contributed by atoms with Crippen molar-refractivity contribution in [2.24, 2.45) is 5.92 Å². The highest BCUT2D eigenvalue weighted by molar-refractivity contribution is 5.71. The lowest BCUT2D eigenvalue weighted by molar-refractivity contribution is -0.141. The summed E-state index contributed by atoms with van der Waals surface area (Å²) >= 11 is 0. The topological polar surface area (TPSA) is 49.3 Å². The van der Waals surface area contributed by atoms with Crippen molar-refractivity contribution in [3.8, 4) is 0 Å². The molecular weight excluding hydrogens is 273 g/mol. The fourth-order valence-electron chi connectivity index (χ4n) is 1.30. The molecule has 1 aromatic carbocycles. The molecule has 106 valence electrons. The van der Waals surface area contributed by atoms with Gasteiger partial charge in [0.1, 0.15) is 5.69 Å². The van der Waals surface area contributed by atoms with Gasteiger partial charge in [-0.15, -0.1) is 0 Å². The van der Waals surface area contributed by atoms with Crippen LogP contribution in [0.5, 0.6) is 0 Å². The molecule has 0 fully saturated rings. The van der Waals surface area contributed by atoms with E-state index in [-0.39, 0.29) is 0 Å². The van der Waals surface area contributed by atoms with E-state index in [0.29, 0.717) is 0 Å². The third kappa shape index (κ3) is 2.77. The average Bonchev–Trinajstić information content (AvgIpc) is 2.37. The number of aliphatic carboxylic acids is 1. The zero-order valence-corrected chi connectivity index (χ0v) is 9.90. The normalized spacial score (nSPS) is 14.1. The van der Waals surface area contributed by atoms with Crippen molar-refractivity contribution < 1.29 is 31.9 Å². The molecular formula is C11H10F5NO2. The van der Waals surface area contributed by atoms with Gasteiger partial charge in [0.25, 0.3) is 0 Å². The molecule has 8 heteroatoms. The Bertz CT molecular complexity index is 491. The van der Waals surface area contributed by atoms with Crippen molar-refractivity contribution in [3.63, 3.8) is 0 Å². The van der Waals surface area contributed by atoms with Gasteiger partial charge >= 0.3 is 5.97 Å². The van der Waals surface area contributed by atoms with E-state index >= 15 is 0 Å². The Morgan fingerprint density at radius 3 is 1.68 bits per heavy atom. The van der Waals surface area contributed by atoms with Crippen LogP contribution in [0.3, 0.4) is 0 Å². The van der Waals surface area contributed by atoms with E-state index in [4.69, 9.17) is 5.11 Å². The van der Waals surface area contributed by atoms with Crippen LogP contribution < -0.4 is 5.32 Å². The molecule has 0 aliphatic rings. The molecule has 0 radical (unpaired) electrons. The highest BCUT2D eigenvalue weighted by Crippen LogP contribution is 2.28. The number of halogens is 5. The van der Waals surface area contributed by atoms with Crippen LogP contribution >= 0.6 is 0 Å². The zero-order valence-electron chi connectivity index (χ0n) is 9.90. The van der Waals surface area contributed by atoms with E-state index in [2.05, 4.69) is 0 Å². The van der Waals surface area contributed by atoms with Gasteiger partial charge in [0.15, 0.2) is 23.3 Å². The van der Waals surface area contributed by atoms with Crippen molar-refractivity contribution >= 4 is 11.7 Å². The largest absolute Gasteiger partial charge is 0.481 e. The second kappa shape index (κ2) is 5.41. The van der Waals surface area contributed by atoms with Crippen LogP contribution in [0.4, 0.5) is 27.6 Å². The maximum atomic E-state index is 13.3. The molecule has 2 unspecified atom stereocenters. The van der Waals surface area contributed by atoms with Gasteiger partial charge in [-0.05, 0) is 13.8 Å². The lowest BCUT2D eigenvalue weighted by Gasteiger charge is -2.20. The zero-order chi connectivity index (χ0) is 14.9. The number of rotatable bonds is 4. The fourth-order valence-corrected chi connectivity index (χ4v) is 1.30. The first-order valence-electron chi connectivity index (χ1n) is 5.19. The van der Waals surface area contributed by atoms with Crippen molar-refractivity contribution in [1.82, 2.24) is 0 Å². The van der Waals surface area contributed by atoms with Crippen LogP contribution in [0.15, 0.2) is 0 Å². The summed E-state index contributed by atoms with van der Waals surface area (Å²) in [6, 6.07) is -1.04. The molecule has 1 aromatic rings. The maximum Gasteiger partial charge on any atom is 0.308 e. The van der Waals surface area contributed by atoms with Gasteiger partial charge in [-0.1, -0.05) is 0 Å². The second-order valence-electron chi connectivity index (χ2n) is 4.00. The minimum atomic E-state index is -2.26. The Labute approximate surface area is 105 Å². The van der Waals surface area contributed by atoms with Crippen molar-refractivity contribution in [1.29, 1.82) is 0 Å². The van der Waals surface area contributed by atoms with E-state index in [0.717, 1.165) is 0 Å². The number of carboxylic acids is 1. The number of hydrogen-bond acceptors (Lipinski definition) is 2. The molecule has 0 aliphatic carbocycles. The molecule has 0 amide bonds. The van der Waals surface area contributed by atoms with Crippen molar-refractivity contribution in [3.05, 3.63) is 29.1 Å². The standard InChI is InChI=1S/C11H10F5NO2/c1-3(11(18)19)4(2)17-10-8(15)6(13)5(12)7(14)9(10)16/h3-4,17H,1-2H3,(H,18,19). The summed E-state index contributed by atoms with van der Waals surface area (Å²) in [5.41, 5.74) is -1.24. The summed E-state index contributed by atoms with van der Waals surface area (Å²) in [6.45, 7) is 2.48. The minimum absolute atomic E-state index is 1.04. The fraction of sp³-hybridized carbons (Fsp3) is 0.364. The Hall–Kier alpha value is -1.86. The van der Waals surface area contributed by atoms with E-state index in [1.54, 1.807) is 0 Å². The number of anilines is 1.